The van der Waals surface area contributed by atoms with E-state index in [1.54, 1.807) is 29.6 Å². The summed E-state index contributed by atoms with van der Waals surface area (Å²) in [6.45, 7) is 1.73. The maximum absolute atomic E-state index is 13.5. The number of nitrogen functional groups attached to an aromatic ring is 1. The minimum absolute atomic E-state index is 0.228. The van der Waals surface area contributed by atoms with Crippen LogP contribution in [0.2, 0.25) is 0 Å². The monoisotopic (exact) mass is 354 g/mol. The van der Waals surface area contributed by atoms with E-state index in [4.69, 9.17) is 16.5 Å². The van der Waals surface area contributed by atoms with E-state index in [1.807, 2.05) is 6.20 Å². The Bertz CT molecular complexity index is 943. The number of hydrogen-bond donors (Lipinski definition) is 3. The van der Waals surface area contributed by atoms with Crippen molar-refractivity contribution in [2.24, 2.45) is 5.73 Å². The highest BCUT2D eigenvalue weighted by molar-refractivity contribution is 5.75. The highest BCUT2D eigenvalue weighted by atomic mass is 19.1. The Hall–Kier alpha value is -2.67. The highest BCUT2D eigenvalue weighted by Crippen LogP contribution is 2.33. The molecule has 1 saturated carbocycles. The number of aromatic nitrogens is 3. The summed E-state index contributed by atoms with van der Waals surface area (Å²) in [6, 6.07) is 6.95. The summed E-state index contributed by atoms with van der Waals surface area (Å²) >= 11 is 0. The molecular weight excluding hydrogens is 331 g/mol. The maximum Gasteiger partial charge on any atom is 0.177 e. The molecule has 4 rings (SSSR count). The average Bonchev–Trinajstić information content (AvgIpc) is 3.03. The van der Waals surface area contributed by atoms with Gasteiger partial charge in [0.25, 0.3) is 0 Å². The molecule has 1 fully saturated rings. The van der Waals surface area contributed by atoms with Gasteiger partial charge < -0.3 is 16.8 Å². The fraction of sp³-hybridized carbons (Fsp3) is 0.368. The number of hydrogen-bond acceptors (Lipinski definition) is 5. The summed E-state index contributed by atoms with van der Waals surface area (Å²) in [7, 11) is 0. The third-order valence-electron chi connectivity index (χ3n) is 5.09. The van der Waals surface area contributed by atoms with Crippen molar-refractivity contribution in [1.29, 1.82) is 0 Å². The maximum atomic E-state index is 13.5. The van der Waals surface area contributed by atoms with Crippen LogP contribution >= 0.6 is 0 Å². The predicted octanol–water partition coefficient (Wildman–Crippen LogP) is 3.49. The Balaban J connectivity index is 1.68. The number of halogens is 1. The Labute approximate surface area is 151 Å². The second kappa shape index (κ2) is 6.57. The Morgan fingerprint density at radius 1 is 1.19 bits per heavy atom. The standard InChI is InChI=1S/C19H23FN6/c1-11-8-14(6-7-15(11)20)23-16-9-18(22)25-26-10-17(24-19(16)26)12-2-4-13(21)5-3-12/h6-10,12-13,23H,2-5,21H2,1H3,(H2,22,25). The molecule has 0 unspecified atom stereocenters. The minimum atomic E-state index is -0.228. The molecule has 0 atom stereocenters. The lowest BCUT2D eigenvalue weighted by Gasteiger charge is -2.24. The minimum Gasteiger partial charge on any atom is -0.382 e. The molecule has 0 amide bonds. The van der Waals surface area contributed by atoms with E-state index < -0.39 is 0 Å². The molecule has 26 heavy (non-hydrogen) atoms. The number of nitrogens with one attached hydrogen (secondary N) is 1. The van der Waals surface area contributed by atoms with E-state index in [2.05, 4.69) is 10.4 Å². The van der Waals surface area contributed by atoms with E-state index in [0.29, 0.717) is 29.0 Å². The molecule has 7 heteroatoms. The summed E-state index contributed by atoms with van der Waals surface area (Å²) in [6.07, 6.45) is 6.08. The third-order valence-corrected chi connectivity index (χ3v) is 5.09. The van der Waals surface area contributed by atoms with Gasteiger partial charge in [-0.15, -0.1) is 5.10 Å². The number of imidazole rings is 1. The quantitative estimate of drug-likeness (QED) is 0.669. The van der Waals surface area contributed by atoms with E-state index in [-0.39, 0.29) is 5.82 Å². The fourth-order valence-electron chi connectivity index (χ4n) is 3.60. The summed E-state index contributed by atoms with van der Waals surface area (Å²) in [5, 5.41) is 7.64. The van der Waals surface area contributed by atoms with Crippen LogP contribution in [0, 0.1) is 12.7 Å². The molecule has 1 aliphatic carbocycles. The lowest BCUT2D eigenvalue weighted by molar-refractivity contribution is 0.391. The predicted molar refractivity (Wildman–Crippen MR) is 101 cm³/mol. The van der Waals surface area contributed by atoms with Crippen LogP contribution in [0.3, 0.4) is 0 Å². The number of nitrogens with two attached hydrogens (primary N) is 2. The van der Waals surface area contributed by atoms with Crippen LogP contribution in [-0.4, -0.2) is 20.6 Å². The van der Waals surface area contributed by atoms with Gasteiger partial charge in [0.2, 0.25) is 0 Å². The van der Waals surface area contributed by atoms with Gasteiger partial charge in [-0.25, -0.2) is 13.9 Å². The van der Waals surface area contributed by atoms with Gasteiger partial charge in [-0.3, -0.25) is 0 Å². The summed E-state index contributed by atoms with van der Waals surface area (Å²) in [5.41, 5.74) is 15.8. The Morgan fingerprint density at radius 2 is 1.96 bits per heavy atom. The SMILES string of the molecule is Cc1cc(Nc2cc(N)nn3cc(C4CCC(N)CC4)nc23)ccc1F. The first kappa shape index (κ1) is 16.8. The van der Waals surface area contributed by atoms with Gasteiger partial charge in [-0.05, 0) is 56.4 Å². The molecule has 6 nitrogen and oxygen atoms in total. The van der Waals surface area contributed by atoms with Crippen molar-refractivity contribution in [3.63, 3.8) is 0 Å². The summed E-state index contributed by atoms with van der Waals surface area (Å²) in [4.78, 5) is 4.81. The van der Waals surface area contributed by atoms with Crippen LogP contribution in [0.15, 0.2) is 30.5 Å². The zero-order chi connectivity index (χ0) is 18.3. The molecule has 1 aromatic carbocycles. The van der Waals surface area contributed by atoms with E-state index in [1.165, 1.54) is 6.07 Å². The van der Waals surface area contributed by atoms with Crippen molar-refractivity contribution in [3.05, 3.63) is 47.5 Å². The Morgan fingerprint density at radius 3 is 2.69 bits per heavy atom. The lowest BCUT2D eigenvalue weighted by Crippen LogP contribution is -2.25. The van der Waals surface area contributed by atoms with Crippen molar-refractivity contribution >= 4 is 22.8 Å². The van der Waals surface area contributed by atoms with Gasteiger partial charge in [-0.2, -0.15) is 0 Å². The number of rotatable bonds is 3. The zero-order valence-electron chi connectivity index (χ0n) is 14.7. The van der Waals surface area contributed by atoms with Crippen LogP contribution in [0.4, 0.5) is 21.6 Å². The molecule has 5 N–H and O–H groups in total. The molecule has 3 aromatic rings. The van der Waals surface area contributed by atoms with Crippen molar-refractivity contribution in [3.8, 4) is 0 Å². The molecule has 136 valence electrons. The average molecular weight is 354 g/mol. The second-order valence-electron chi connectivity index (χ2n) is 7.12. The van der Waals surface area contributed by atoms with E-state index >= 15 is 0 Å². The third kappa shape index (κ3) is 3.22. The largest absolute Gasteiger partial charge is 0.382 e. The first-order chi connectivity index (χ1) is 12.5. The fourth-order valence-corrected chi connectivity index (χ4v) is 3.60. The molecular formula is C19H23FN6. The number of nitrogens with zero attached hydrogens (tertiary/aromatic N) is 3. The van der Waals surface area contributed by atoms with Crippen LogP contribution in [0.25, 0.3) is 5.65 Å². The summed E-state index contributed by atoms with van der Waals surface area (Å²) in [5.74, 6) is 0.570. The van der Waals surface area contributed by atoms with Crippen LogP contribution in [0.1, 0.15) is 42.9 Å². The van der Waals surface area contributed by atoms with E-state index in [0.717, 1.165) is 42.8 Å². The molecule has 2 aromatic heterocycles. The Kier molecular flexibility index (Phi) is 4.24. The van der Waals surface area contributed by atoms with E-state index in [9.17, 15) is 4.39 Å². The van der Waals surface area contributed by atoms with Gasteiger partial charge in [0.05, 0.1) is 17.6 Å². The zero-order valence-corrected chi connectivity index (χ0v) is 14.7. The second-order valence-corrected chi connectivity index (χ2v) is 7.12. The van der Waals surface area contributed by atoms with Crippen molar-refractivity contribution in [1.82, 2.24) is 14.6 Å². The van der Waals surface area contributed by atoms with Gasteiger partial charge >= 0.3 is 0 Å². The first-order valence-corrected chi connectivity index (χ1v) is 8.94. The van der Waals surface area contributed by atoms with Crippen molar-refractivity contribution < 1.29 is 4.39 Å². The van der Waals surface area contributed by atoms with Crippen LogP contribution in [0.5, 0.6) is 0 Å². The van der Waals surface area contributed by atoms with Crippen molar-refractivity contribution in [2.75, 3.05) is 11.1 Å². The molecule has 1 aliphatic rings. The van der Waals surface area contributed by atoms with Gasteiger partial charge in [0, 0.05) is 23.7 Å². The number of aryl methyl sites for hydroxylation is 1. The molecule has 2 heterocycles. The number of anilines is 3. The molecule has 0 bridgehead atoms. The van der Waals surface area contributed by atoms with Crippen LogP contribution in [-0.2, 0) is 0 Å². The molecule has 0 spiro atoms. The van der Waals surface area contributed by atoms with Crippen LogP contribution < -0.4 is 16.8 Å². The summed E-state index contributed by atoms with van der Waals surface area (Å²) < 4.78 is 15.2. The molecule has 0 saturated heterocycles. The normalized spacial score (nSPS) is 20.4. The van der Waals surface area contributed by atoms with Gasteiger partial charge in [0.1, 0.15) is 11.6 Å². The number of fused-ring (bicyclic) bond motifs is 1. The first-order valence-electron chi connectivity index (χ1n) is 8.94. The molecule has 0 aliphatic heterocycles. The van der Waals surface area contributed by atoms with Gasteiger partial charge in [-0.1, -0.05) is 0 Å². The van der Waals surface area contributed by atoms with Gasteiger partial charge in [0.15, 0.2) is 5.65 Å². The molecule has 0 radical (unpaired) electrons. The lowest BCUT2D eigenvalue weighted by atomic mass is 9.85. The van der Waals surface area contributed by atoms with Crippen molar-refractivity contribution in [2.45, 2.75) is 44.6 Å². The number of benzene rings is 1. The highest BCUT2D eigenvalue weighted by Gasteiger charge is 2.23. The topological polar surface area (TPSA) is 94.3 Å². The smallest absolute Gasteiger partial charge is 0.177 e.